The Hall–Kier alpha value is -3.16. The first-order valence-electron chi connectivity index (χ1n) is 7.54. The predicted molar refractivity (Wildman–Crippen MR) is 91.5 cm³/mol. The second-order valence-corrected chi connectivity index (χ2v) is 5.10. The van der Waals surface area contributed by atoms with E-state index in [9.17, 15) is 18.8 Å². The fraction of sp³-hybridized carbons (Fsp3) is 0.235. The van der Waals surface area contributed by atoms with E-state index in [1.165, 1.54) is 36.4 Å². The fourth-order valence-electron chi connectivity index (χ4n) is 2.23. The van der Waals surface area contributed by atoms with Crippen molar-refractivity contribution >= 4 is 0 Å². The molecule has 1 aromatic carbocycles. The van der Waals surface area contributed by atoms with E-state index >= 15 is 0 Å². The van der Waals surface area contributed by atoms with Crippen LogP contribution in [0.1, 0.15) is 0 Å². The van der Waals surface area contributed by atoms with Gasteiger partial charge in [0.05, 0.1) is 19.6 Å². The molecule has 0 fully saturated rings. The summed E-state index contributed by atoms with van der Waals surface area (Å²) in [5, 5.41) is 0. The summed E-state index contributed by atoms with van der Waals surface area (Å²) >= 11 is 0. The van der Waals surface area contributed by atoms with Gasteiger partial charge in [-0.25, -0.2) is 32.5 Å². The van der Waals surface area contributed by atoms with Crippen molar-refractivity contribution in [3.63, 3.8) is 0 Å². The first kappa shape index (κ1) is 18.2. The average molecular weight is 347 g/mol. The Morgan fingerprint density at radius 3 is 1.84 bits per heavy atom. The fourth-order valence-corrected chi connectivity index (χ4v) is 2.23. The van der Waals surface area contributed by atoms with Crippen molar-refractivity contribution in [2.45, 2.75) is 19.6 Å². The van der Waals surface area contributed by atoms with Gasteiger partial charge < -0.3 is 4.74 Å². The van der Waals surface area contributed by atoms with Gasteiger partial charge in [0.2, 0.25) is 0 Å². The average Bonchev–Trinajstić information content (AvgIpc) is 2.60. The Morgan fingerprint density at radius 1 is 0.880 bits per heavy atom. The van der Waals surface area contributed by atoms with Gasteiger partial charge >= 0.3 is 17.1 Å². The molecule has 0 atom stereocenters. The molecule has 0 radical (unpaired) electrons. The molecule has 8 heteroatoms. The zero-order valence-corrected chi connectivity index (χ0v) is 13.6. The van der Waals surface area contributed by atoms with E-state index in [1.54, 1.807) is 0 Å². The summed E-state index contributed by atoms with van der Waals surface area (Å²) in [7, 11) is 0. The number of benzene rings is 1. The normalized spacial score (nSPS) is 10.4. The summed E-state index contributed by atoms with van der Waals surface area (Å²) in [5.41, 5.74) is -2.19. The smallest absolute Gasteiger partial charge is 0.336 e. The van der Waals surface area contributed by atoms with Crippen LogP contribution in [0.2, 0.25) is 0 Å². The summed E-state index contributed by atoms with van der Waals surface area (Å²) in [4.78, 5) is 37.0. The minimum absolute atomic E-state index is 0.00115. The lowest BCUT2D eigenvalue weighted by Gasteiger charge is -2.12. The first-order chi connectivity index (χ1) is 12.0. The zero-order chi connectivity index (χ0) is 18.4. The summed E-state index contributed by atoms with van der Waals surface area (Å²) < 4.78 is 21.0. The minimum atomic E-state index is -0.738. The standard InChI is InChI=1S/C17H18FN3O4/c1-3-9-19-15(22)20(10-4-2)17(24)21(16(19)23)11-12-25-14-7-5-13(18)6-8-14/h3-8H,1-2,9-12H2. The lowest BCUT2D eigenvalue weighted by atomic mass is 10.3. The van der Waals surface area contributed by atoms with Crippen LogP contribution in [0.25, 0.3) is 0 Å². The van der Waals surface area contributed by atoms with Crippen molar-refractivity contribution in [1.82, 2.24) is 13.7 Å². The van der Waals surface area contributed by atoms with Crippen LogP contribution in [-0.4, -0.2) is 20.3 Å². The highest BCUT2D eigenvalue weighted by molar-refractivity contribution is 5.21. The molecule has 0 spiro atoms. The Balaban J connectivity index is 2.32. The maximum Gasteiger partial charge on any atom is 0.336 e. The second-order valence-electron chi connectivity index (χ2n) is 5.10. The molecule has 0 unspecified atom stereocenters. The molecule has 0 aliphatic carbocycles. The SMILES string of the molecule is C=CCn1c(=O)n(CC=C)c(=O)n(CCOc2ccc(F)cc2)c1=O. The highest BCUT2D eigenvalue weighted by atomic mass is 19.1. The van der Waals surface area contributed by atoms with E-state index in [0.29, 0.717) is 5.75 Å². The summed E-state index contributed by atoms with van der Waals surface area (Å²) in [6.45, 7) is 6.90. The van der Waals surface area contributed by atoms with Gasteiger partial charge in [0.25, 0.3) is 0 Å². The van der Waals surface area contributed by atoms with E-state index < -0.39 is 22.9 Å². The van der Waals surface area contributed by atoms with Crippen molar-refractivity contribution in [1.29, 1.82) is 0 Å². The van der Waals surface area contributed by atoms with E-state index in [1.807, 2.05) is 0 Å². The number of hydrogen-bond donors (Lipinski definition) is 0. The molecule has 0 bridgehead atoms. The number of halogens is 1. The van der Waals surface area contributed by atoms with Gasteiger partial charge in [0.1, 0.15) is 18.2 Å². The highest BCUT2D eigenvalue weighted by Crippen LogP contribution is 2.10. The molecule has 1 heterocycles. The summed E-state index contributed by atoms with van der Waals surface area (Å²) in [6, 6.07) is 5.35. The van der Waals surface area contributed by atoms with Gasteiger partial charge in [-0.3, -0.25) is 0 Å². The molecule has 2 aromatic rings. The Kier molecular flexibility index (Phi) is 5.89. The molecule has 2 rings (SSSR count). The molecule has 0 aliphatic rings. The van der Waals surface area contributed by atoms with Crippen LogP contribution in [0.15, 0.2) is 64.0 Å². The molecule has 0 saturated heterocycles. The first-order valence-corrected chi connectivity index (χ1v) is 7.54. The summed E-state index contributed by atoms with van der Waals surface area (Å²) in [5.74, 6) is 0.00709. The third-order valence-corrected chi connectivity index (χ3v) is 3.41. The van der Waals surface area contributed by atoms with Crippen molar-refractivity contribution in [2.75, 3.05) is 6.61 Å². The van der Waals surface area contributed by atoms with Crippen molar-refractivity contribution in [2.24, 2.45) is 0 Å². The van der Waals surface area contributed by atoms with Crippen LogP contribution in [0.3, 0.4) is 0 Å². The van der Waals surface area contributed by atoms with Crippen LogP contribution < -0.4 is 21.8 Å². The molecular formula is C17H18FN3O4. The van der Waals surface area contributed by atoms with Crippen molar-refractivity contribution in [3.8, 4) is 5.75 Å². The number of ether oxygens (including phenoxy) is 1. The third kappa shape index (κ3) is 4.03. The van der Waals surface area contributed by atoms with Crippen molar-refractivity contribution in [3.05, 3.63) is 86.8 Å². The van der Waals surface area contributed by atoms with Crippen LogP contribution in [-0.2, 0) is 19.6 Å². The Labute approximate surface area is 142 Å². The number of hydrogen-bond acceptors (Lipinski definition) is 4. The van der Waals surface area contributed by atoms with Crippen LogP contribution in [0, 0.1) is 5.82 Å². The number of allylic oxidation sites excluding steroid dienone is 2. The van der Waals surface area contributed by atoms with Gasteiger partial charge in [0, 0.05) is 0 Å². The van der Waals surface area contributed by atoms with E-state index in [-0.39, 0.29) is 26.2 Å². The van der Waals surface area contributed by atoms with Gasteiger partial charge in [-0.15, -0.1) is 13.2 Å². The predicted octanol–water partition coefficient (Wildman–Crippen LogP) is 0.762. The van der Waals surface area contributed by atoms with Gasteiger partial charge in [-0.2, -0.15) is 0 Å². The Bertz CT molecular complexity index is 890. The van der Waals surface area contributed by atoms with Gasteiger partial charge in [-0.05, 0) is 24.3 Å². The van der Waals surface area contributed by atoms with E-state index in [2.05, 4.69) is 13.2 Å². The van der Waals surface area contributed by atoms with E-state index in [4.69, 9.17) is 4.74 Å². The zero-order valence-electron chi connectivity index (χ0n) is 13.6. The number of aromatic nitrogens is 3. The minimum Gasteiger partial charge on any atom is -0.492 e. The molecule has 0 N–H and O–H groups in total. The van der Waals surface area contributed by atoms with Gasteiger partial charge in [0.15, 0.2) is 0 Å². The maximum absolute atomic E-state index is 12.9. The molecule has 1 aromatic heterocycles. The quantitative estimate of drug-likeness (QED) is 0.661. The molecule has 25 heavy (non-hydrogen) atoms. The molecule has 0 saturated carbocycles. The largest absolute Gasteiger partial charge is 0.492 e. The highest BCUT2D eigenvalue weighted by Gasteiger charge is 2.14. The molecular weight excluding hydrogens is 329 g/mol. The Morgan fingerprint density at radius 2 is 1.36 bits per heavy atom. The van der Waals surface area contributed by atoms with Crippen molar-refractivity contribution < 1.29 is 9.13 Å². The third-order valence-electron chi connectivity index (χ3n) is 3.41. The molecule has 7 nitrogen and oxygen atoms in total. The lowest BCUT2D eigenvalue weighted by Crippen LogP contribution is -2.54. The second kappa shape index (κ2) is 8.09. The molecule has 0 amide bonds. The summed E-state index contributed by atoms with van der Waals surface area (Å²) in [6.07, 6.45) is 2.79. The number of rotatable bonds is 8. The monoisotopic (exact) mass is 347 g/mol. The maximum atomic E-state index is 12.9. The van der Waals surface area contributed by atoms with Gasteiger partial charge in [-0.1, -0.05) is 12.2 Å². The van der Waals surface area contributed by atoms with Crippen LogP contribution in [0.4, 0.5) is 4.39 Å². The molecule has 132 valence electrons. The number of nitrogens with zero attached hydrogens (tertiary/aromatic N) is 3. The van der Waals surface area contributed by atoms with Crippen LogP contribution in [0.5, 0.6) is 5.75 Å². The van der Waals surface area contributed by atoms with E-state index in [0.717, 1.165) is 13.7 Å². The van der Waals surface area contributed by atoms with Crippen LogP contribution >= 0.6 is 0 Å². The topological polar surface area (TPSA) is 75.2 Å². The lowest BCUT2D eigenvalue weighted by molar-refractivity contribution is 0.286. The molecule has 0 aliphatic heterocycles.